The maximum atomic E-state index is 5.61. The summed E-state index contributed by atoms with van der Waals surface area (Å²) in [5.74, 6) is 0.928. The molecular weight excluding hydrogens is 226 g/mol. The number of rotatable bonds is 8. The Morgan fingerprint density at radius 3 is 2.33 bits per heavy atom. The van der Waals surface area contributed by atoms with Gasteiger partial charge < -0.3 is 14.8 Å². The fourth-order valence-electron chi connectivity index (χ4n) is 1.74. The predicted octanol–water partition coefficient (Wildman–Crippen LogP) is 2.99. The van der Waals surface area contributed by atoms with Gasteiger partial charge in [0, 0.05) is 19.7 Å². The van der Waals surface area contributed by atoms with Crippen LogP contribution in [0.25, 0.3) is 0 Å². The van der Waals surface area contributed by atoms with Gasteiger partial charge in [-0.25, -0.2) is 0 Å². The van der Waals surface area contributed by atoms with E-state index in [-0.39, 0.29) is 6.10 Å². The molecule has 1 atom stereocenters. The molecule has 0 amide bonds. The molecule has 0 aliphatic heterocycles. The van der Waals surface area contributed by atoms with Gasteiger partial charge in [0.1, 0.15) is 5.75 Å². The van der Waals surface area contributed by atoms with Gasteiger partial charge in [0.25, 0.3) is 0 Å². The molecule has 3 nitrogen and oxygen atoms in total. The van der Waals surface area contributed by atoms with Crippen molar-refractivity contribution >= 4 is 0 Å². The van der Waals surface area contributed by atoms with Gasteiger partial charge in [-0.15, -0.1) is 0 Å². The first-order chi connectivity index (χ1) is 8.65. The SMILES string of the molecule is CCC(COC)NCc1ccc(OC(C)C)cc1. The normalized spacial score (nSPS) is 12.7. The van der Waals surface area contributed by atoms with Crippen molar-refractivity contribution in [2.24, 2.45) is 0 Å². The van der Waals surface area contributed by atoms with Crippen molar-refractivity contribution in [2.75, 3.05) is 13.7 Å². The summed E-state index contributed by atoms with van der Waals surface area (Å²) in [4.78, 5) is 0. The van der Waals surface area contributed by atoms with Crippen LogP contribution in [0, 0.1) is 0 Å². The highest BCUT2D eigenvalue weighted by Crippen LogP contribution is 2.13. The van der Waals surface area contributed by atoms with Gasteiger partial charge >= 0.3 is 0 Å². The van der Waals surface area contributed by atoms with E-state index in [1.54, 1.807) is 7.11 Å². The van der Waals surface area contributed by atoms with Crippen molar-refractivity contribution in [1.82, 2.24) is 5.32 Å². The molecule has 1 rings (SSSR count). The molecule has 0 bridgehead atoms. The average molecular weight is 251 g/mol. The summed E-state index contributed by atoms with van der Waals surface area (Å²) in [6.07, 6.45) is 1.29. The van der Waals surface area contributed by atoms with E-state index in [1.807, 2.05) is 26.0 Å². The van der Waals surface area contributed by atoms with Crippen LogP contribution in [0.1, 0.15) is 32.8 Å². The second-order valence-corrected chi connectivity index (χ2v) is 4.75. The van der Waals surface area contributed by atoms with Crippen LogP contribution in [0.15, 0.2) is 24.3 Å². The molecule has 1 aromatic rings. The molecule has 0 spiro atoms. The summed E-state index contributed by atoms with van der Waals surface area (Å²) >= 11 is 0. The first kappa shape index (κ1) is 15.0. The summed E-state index contributed by atoms with van der Waals surface area (Å²) < 4.78 is 10.8. The molecular formula is C15H25NO2. The molecule has 3 heteroatoms. The zero-order valence-electron chi connectivity index (χ0n) is 11.9. The smallest absolute Gasteiger partial charge is 0.119 e. The second-order valence-electron chi connectivity index (χ2n) is 4.75. The Labute approximate surface area is 110 Å². The fourth-order valence-corrected chi connectivity index (χ4v) is 1.74. The summed E-state index contributed by atoms with van der Waals surface area (Å²) in [6.45, 7) is 7.85. The third kappa shape index (κ3) is 5.52. The lowest BCUT2D eigenvalue weighted by molar-refractivity contribution is 0.164. The molecule has 0 saturated carbocycles. The third-order valence-electron chi connectivity index (χ3n) is 2.75. The van der Waals surface area contributed by atoms with Crippen molar-refractivity contribution in [3.8, 4) is 5.75 Å². The molecule has 1 N–H and O–H groups in total. The lowest BCUT2D eigenvalue weighted by Gasteiger charge is -2.16. The van der Waals surface area contributed by atoms with Crippen LogP contribution in [0.5, 0.6) is 5.75 Å². The van der Waals surface area contributed by atoms with E-state index in [9.17, 15) is 0 Å². The summed E-state index contributed by atoms with van der Waals surface area (Å²) in [5, 5.41) is 3.48. The Hall–Kier alpha value is -1.06. The molecule has 1 unspecified atom stereocenters. The number of ether oxygens (including phenoxy) is 2. The molecule has 102 valence electrons. The van der Waals surface area contributed by atoms with Gasteiger partial charge in [-0.3, -0.25) is 0 Å². The van der Waals surface area contributed by atoms with Gasteiger partial charge in [0.15, 0.2) is 0 Å². The van der Waals surface area contributed by atoms with Gasteiger partial charge in [-0.2, -0.15) is 0 Å². The maximum absolute atomic E-state index is 5.61. The molecule has 0 aliphatic carbocycles. The number of hydrogen-bond acceptors (Lipinski definition) is 3. The van der Waals surface area contributed by atoms with E-state index in [1.165, 1.54) is 5.56 Å². The fraction of sp³-hybridized carbons (Fsp3) is 0.600. The highest BCUT2D eigenvalue weighted by molar-refractivity contribution is 5.27. The monoisotopic (exact) mass is 251 g/mol. The largest absolute Gasteiger partial charge is 0.491 e. The van der Waals surface area contributed by atoms with E-state index in [4.69, 9.17) is 9.47 Å². The van der Waals surface area contributed by atoms with Crippen LogP contribution in [0.4, 0.5) is 0 Å². The zero-order valence-corrected chi connectivity index (χ0v) is 11.9. The highest BCUT2D eigenvalue weighted by atomic mass is 16.5. The Morgan fingerprint density at radius 1 is 1.17 bits per heavy atom. The zero-order chi connectivity index (χ0) is 13.4. The van der Waals surface area contributed by atoms with Gasteiger partial charge in [0.05, 0.1) is 12.7 Å². The number of benzene rings is 1. The first-order valence-corrected chi connectivity index (χ1v) is 6.63. The Kier molecular flexibility index (Phi) is 6.76. The molecule has 18 heavy (non-hydrogen) atoms. The molecule has 0 radical (unpaired) electrons. The average Bonchev–Trinajstić information content (AvgIpc) is 2.35. The Balaban J connectivity index is 2.43. The number of hydrogen-bond donors (Lipinski definition) is 1. The molecule has 1 aromatic carbocycles. The van der Waals surface area contributed by atoms with E-state index in [2.05, 4.69) is 24.4 Å². The summed E-state index contributed by atoms with van der Waals surface area (Å²) in [7, 11) is 1.74. The van der Waals surface area contributed by atoms with E-state index in [0.717, 1.165) is 25.3 Å². The Bertz CT molecular complexity index is 322. The van der Waals surface area contributed by atoms with Crippen LogP contribution in [0.2, 0.25) is 0 Å². The molecule has 0 heterocycles. The first-order valence-electron chi connectivity index (χ1n) is 6.63. The topological polar surface area (TPSA) is 30.5 Å². The minimum Gasteiger partial charge on any atom is -0.491 e. The van der Waals surface area contributed by atoms with Crippen molar-refractivity contribution in [3.05, 3.63) is 29.8 Å². The maximum Gasteiger partial charge on any atom is 0.119 e. The van der Waals surface area contributed by atoms with Crippen LogP contribution in [-0.4, -0.2) is 25.9 Å². The van der Waals surface area contributed by atoms with Crippen molar-refractivity contribution in [1.29, 1.82) is 0 Å². The predicted molar refractivity (Wildman–Crippen MR) is 75.0 cm³/mol. The molecule has 0 aliphatic rings. The van der Waals surface area contributed by atoms with E-state index in [0.29, 0.717) is 6.04 Å². The van der Waals surface area contributed by atoms with Gasteiger partial charge in [-0.1, -0.05) is 19.1 Å². The van der Waals surface area contributed by atoms with Crippen LogP contribution in [0.3, 0.4) is 0 Å². The van der Waals surface area contributed by atoms with Gasteiger partial charge in [-0.05, 0) is 38.0 Å². The lowest BCUT2D eigenvalue weighted by atomic mass is 10.2. The van der Waals surface area contributed by atoms with Crippen molar-refractivity contribution in [3.63, 3.8) is 0 Å². The summed E-state index contributed by atoms with van der Waals surface area (Å²) in [5.41, 5.74) is 1.26. The second kappa shape index (κ2) is 8.11. The minimum atomic E-state index is 0.222. The highest BCUT2D eigenvalue weighted by Gasteiger charge is 2.04. The lowest BCUT2D eigenvalue weighted by Crippen LogP contribution is -2.31. The minimum absolute atomic E-state index is 0.222. The van der Waals surface area contributed by atoms with Crippen LogP contribution < -0.4 is 10.1 Å². The standard InChI is InChI=1S/C15H25NO2/c1-5-14(11-17-4)16-10-13-6-8-15(9-7-13)18-12(2)3/h6-9,12,14,16H,5,10-11H2,1-4H3. The van der Waals surface area contributed by atoms with Crippen LogP contribution in [-0.2, 0) is 11.3 Å². The third-order valence-corrected chi connectivity index (χ3v) is 2.75. The molecule has 0 aromatic heterocycles. The van der Waals surface area contributed by atoms with E-state index >= 15 is 0 Å². The van der Waals surface area contributed by atoms with Crippen LogP contribution >= 0.6 is 0 Å². The quantitative estimate of drug-likeness (QED) is 0.770. The Morgan fingerprint density at radius 2 is 1.83 bits per heavy atom. The van der Waals surface area contributed by atoms with Gasteiger partial charge in [0.2, 0.25) is 0 Å². The molecule has 0 fully saturated rings. The van der Waals surface area contributed by atoms with Crippen molar-refractivity contribution < 1.29 is 9.47 Å². The summed E-state index contributed by atoms with van der Waals surface area (Å²) in [6, 6.07) is 8.67. The van der Waals surface area contributed by atoms with E-state index < -0.39 is 0 Å². The van der Waals surface area contributed by atoms with Crippen molar-refractivity contribution in [2.45, 2.75) is 45.9 Å². The number of methoxy groups -OCH3 is 1. The number of nitrogens with one attached hydrogen (secondary N) is 1. The molecule has 0 saturated heterocycles.